The number of amides is 2. The maximum absolute atomic E-state index is 12.9. The number of unbranched alkanes of at least 4 members (excludes halogenated alkanes) is 5. The van der Waals surface area contributed by atoms with Gasteiger partial charge in [-0.3, -0.25) is 14.9 Å². The lowest BCUT2D eigenvalue weighted by molar-refractivity contribution is -0.127. The molecule has 7 heteroatoms. The molecular formula is C24H36N4O2S. The Morgan fingerprint density at radius 1 is 1.06 bits per heavy atom. The molecular weight excluding hydrogens is 408 g/mol. The van der Waals surface area contributed by atoms with Gasteiger partial charge in [0.05, 0.1) is 0 Å². The number of rotatable bonds is 13. The van der Waals surface area contributed by atoms with Gasteiger partial charge < -0.3 is 5.32 Å². The monoisotopic (exact) mass is 444 g/mol. The lowest BCUT2D eigenvalue weighted by Gasteiger charge is -2.23. The Morgan fingerprint density at radius 2 is 1.81 bits per heavy atom. The highest BCUT2D eigenvalue weighted by Crippen LogP contribution is 2.27. The average molecular weight is 445 g/mol. The van der Waals surface area contributed by atoms with Crippen molar-refractivity contribution in [2.24, 2.45) is 5.92 Å². The first kappa shape index (κ1) is 25.0. The van der Waals surface area contributed by atoms with Gasteiger partial charge in [0.15, 0.2) is 0 Å². The number of anilines is 1. The van der Waals surface area contributed by atoms with Crippen LogP contribution in [0.5, 0.6) is 0 Å². The summed E-state index contributed by atoms with van der Waals surface area (Å²) in [5.41, 5.74) is 2.12. The second-order valence-electron chi connectivity index (χ2n) is 8.22. The molecule has 2 rings (SSSR count). The summed E-state index contributed by atoms with van der Waals surface area (Å²) in [6.07, 6.45) is 8.02. The van der Waals surface area contributed by atoms with E-state index in [4.69, 9.17) is 0 Å². The minimum Gasteiger partial charge on any atom is -0.344 e. The number of aromatic nitrogens is 2. The van der Waals surface area contributed by atoms with Crippen molar-refractivity contribution in [2.45, 2.75) is 85.1 Å². The van der Waals surface area contributed by atoms with Crippen LogP contribution in [0, 0.1) is 12.8 Å². The molecule has 2 atom stereocenters. The molecule has 0 spiro atoms. The van der Waals surface area contributed by atoms with E-state index in [0.717, 1.165) is 41.8 Å². The molecule has 1 heterocycles. The summed E-state index contributed by atoms with van der Waals surface area (Å²) < 4.78 is 0. The lowest BCUT2D eigenvalue weighted by Crippen LogP contribution is -2.47. The van der Waals surface area contributed by atoms with Crippen LogP contribution in [-0.2, 0) is 9.59 Å². The molecule has 0 bridgehead atoms. The number of hydrogen-bond donors (Lipinski definition) is 2. The third kappa shape index (κ3) is 8.40. The Bertz CT molecular complexity index is 836. The van der Waals surface area contributed by atoms with Gasteiger partial charge >= 0.3 is 0 Å². The Morgan fingerprint density at radius 3 is 2.52 bits per heavy atom. The minimum absolute atomic E-state index is 0.0256. The molecule has 2 aromatic rings. The van der Waals surface area contributed by atoms with Crippen molar-refractivity contribution in [1.29, 1.82) is 0 Å². The number of nitrogens with one attached hydrogen (secondary N) is 2. The lowest BCUT2D eigenvalue weighted by atomic mass is 9.98. The van der Waals surface area contributed by atoms with E-state index >= 15 is 0 Å². The Hall–Kier alpha value is -2.28. The maximum Gasteiger partial charge on any atom is 0.249 e. The van der Waals surface area contributed by atoms with E-state index in [1.807, 2.05) is 45.0 Å². The first-order valence-corrected chi connectivity index (χ1v) is 12.3. The van der Waals surface area contributed by atoms with Crippen LogP contribution in [0.25, 0.3) is 10.6 Å². The Labute approximate surface area is 190 Å². The van der Waals surface area contributed by atoms with Crippen LogP contribution < -0.4 is 10.6 Å². The van der Waals surface area contributed by atoms with E-state index < -0.39 is 6.04 Å². The van der Waals surface area contributed by atoms with Crippen LogP contribution in [0.2, 0.25) is 0 Å². The SMILES string of the molecule is CCCCCCCCC(=O)NC(C(=O)Nc1nnc(-c2cccc(C)c2)s1)C(C)CC. The molecule has 6 nitrogen and oxygen atoms in total. The molecule has 1 aromatic heterocycles. The normalized spacial score (nSPS) is 12.9. The highest BCUT2D eigenvalue weighted by Gasteiger charge is 2.26. The minimum atomic E-state index is -0.580. The number of carbonyl (C=O) groups is 2. The van der Waals surface area contributed by atoms with Gasteiger partial charge in [0.1, 0.15) is 11.0 Å². The van der Waals surface area contributed by atoms with Gasteiger partial charge in [-0.25, -0.2) is 0 Å². The zero-order valence-electron chi connectivity index (χ0n) is 19.2. The molecule has 2 amide bonds. The van der Waals surface area contributed by atoms with E-state index in [1.165, 1.54) is 30.6 Å². The second-order valence-corrected chi connectivity index (χ2v) is 9.20. The fraction of sp³-hybridized carbons (Fsp3) is 0.583. The van der Waals surface area contributed by atoms with Crippen LogP contribution in [0.4, 0.5) is 5.13 Å². The molecule has 0 saturated heterocycles. The molecule has 0 aliphatic rings. The zero-order chi connectivity index (χ0) is 22.6. The summed E-state index contributed by atoms with van der Waals surface area (Å²) in [4.78, 5) is 25.3. The highest BCUT2D eigenvalue weighted by atomic mass is 32.1. The molecule has 2 unspecified atom stereocenters. The summed E-state index contributed by atoms with van der Waals surface area (Å²) in [6.45, 7) is 8.22. The fourth-order valence-corrected chi connectivity index (χ4v) is 4.11. The van der Waals surface area contributed by atoms with E-state index in [1.54, 1.807) is 0 Å². The summed E-state index contributed by atoms with van der Waals surface area (Å²) in [5.74, 6) is -0.274. The van der Waals surface area contributed by atoms with Gasteiger partial charge in [-0.15, -0.1) is 10.2 Å². The van der Waals surface area contributed by atoms with E-state index in [0.29, 0.717) is 11.6 Å². The number of aryl methyl sites for hydroxylation is 1. The molecule has 2 N–H and O–H groups in total. The van der Waals surface area contributed by atoms with Crippen LogP contribution in [0.15, 0.2) is 24.3 Å². The molecule has 0 radical (unpaired) electrons. The van der Waals surface area contributed by atoms with Crippen molar-refractivity contribution < 1.29 is 9.59 Å². The standard InChI is InChI=1S/C24H36N4O2S/c1-5-7-8-9-10-11-15-20(29)25-21(18(4)6-2)22(30)26-24-28-27-23(31-24)19-14-12-13-17(3)16-19/h12-14,16,18,21H,5-11,15H2,1-4H3,(H,25,29)(H,26,28,30). The summed E-state index contributed by atoms with van der Waals surface area (Å²) in [6, 6.07) is 7.43. The fourth-order valence-electron chi connectivity index (χ4n) is 3.37. The van der Waals surface area contributed by atoms with E-state index in [-0.39, 0.29) is 17.7 Å². The molecule has 170 valence electrons. The molecule has 31 heavy (non-hydrogen) atoms. The quantitative estimate of drug-likeness (QED) is 0.386. The number of carbonyl (C=O) groups excluding carboxylic acids is 2. The van der Waals surface area contributed by atoms with Gasteiger partial charge in [0.25, 0.3) is 0 Å². The van der Waals surface area contributed by atoms with Crippen molar-refractivity contribution in [3.8, 4) is 10.6 Å². The first-order valence-electron chi connectivity index (χ1n) is 11.4. The molecule has 0 aliphatic carbocycles. The molecule has 0 fully saturated rings. The summed E-state index contributed by atoms with van der Waals surface area (Å²) in [7, 11) is 0. The van der Waals surface area contributed by atoms with Crippen LogP contribution in [0.1, 0.15) is 77.7 Å². The van der Waals surface area contributed by atoms with Crippen molar-refractivity contribution in [1.82, 2.24) is 15.5 Å². The van der Waals surface area contributed by atoms with Crippen LogP contribution >= 0.6 is 11.3 Å². The Kier molecular flexibility index (Phi) is 10.6. The predicted molar refractivity (Wildman–Crippen MR) is 128 cm³/mol. The maximum atomic E-state index is 12.9. The van der Waals surface area contributed by atoms with Crippen LogP contribution in [-0.4, -0.2) is 28.1 Å². The van der Waals surface area contributed by atoms with Gasteiger partial charge in [-0.1, -0.05) is 94.4 Å². The topological polar surface area (TPSA) is 84.0 Å². The highest BCUT2D eigenvalue weighted by molar-refractivity contribution is 7.18. The number of nitrogens with zero attached hydrogens (tertiary/aromatic N) is 2. The van der Waals surface area contributed by atoms with Gasteiger partial charge in [0, 0.05) is 12.0 Å². The summed E-state index contributed by atoms with van der Waals surface area (Å²) in [5, 5.41) is 15.3. The largest absolute Gasteiger partial charge is 0.344 e. The summed E-state index contributed by atoms with van der Waals surface area (Å²) >= 11 is 1.34. The van der Waals surface area contributed by atoms with Crippen molar-refractivity contribution >= 4 is 28.3 Å². The Balaban J connectivity index is 1.92. The van der Waals surface area contributed by atoms with E-state index in [2.05, 4.69) is 27.8 Å². The molecule has 0 aliphatic heterocycles. The smallest absolute Gasteiger partial charge is 0.249 e. The van der Waals surface area contributed by atoms with Crippen molar-refractivity contribution in [3.05, 3.63) is 29.8 Å². The van der Waals surface area contributed by atoms with Gasteiger partial charge in [-0.2, -0.15) is 0 Å². The average Bonchev–Trinajstić information content (AvgIpc) is 3.22. The van der Waals surface area contributed by atoms with Gasteiger partial charge in [-0.05, 0) is 25.3 Å². The van der Waals surface area contributed by atoms with Gasteiger partial charge in [0.2, 0.25) is 16.9 Å². The molecule has 1 aromatic carbocycles. The van der Waals surface area contributed by atoms with Crippen molar-refractivity contribution in [2.75, 3.05) is 5.32 Å². The first-order chi connectivity index (χ1) is 14.9. The van der Waals surface area contributed by atoms with E-state index in [9.17, 15) is 9.59 Å². The van der Waals surface area contributed by atoms with Crippen molar-refractivity contribution in [3.63, 3.8) is 0 Å². The second kappa shape index (κ2) is 13.2. The third-order valence-electron chi connectivity index (χ3n) is 5.49. The number of hydrogen-bond acceptors (Lipinski definition) is 5. The predicted octanol–water partition coefficient (Wildman–Crippen LogP) is 5.73. The number of benzene rings is 1. The van der Waals surface area contributed by atoms with Crippen LogP contribution in [0.3, 0.4) is 0 Å². The molecule has 0 saturated carbocycles. The zero-order valence-corrected chi connectivity index (χ0v) is 20.1. The third-order valence-corrected chi connectivity index (χ3v) is 6.38.